The van der Waals surface area contributed by atoms with Crippen molar-refractivity contribution in [2.75, 3.05) is 59.2 Å². The summed E-state index contributed by atoms with van der Waals surface area (Å²) in [5, 5.41) is 6.73. The maximum Gasteiger partial charge on any atom is 0.191 e. The molecule has 1 unspecified atom stereocenters. The topological polar surface area (TPSA) is 67.4 Å². The number of aliphatic imine (C=N–C) groups is 1. The zero-order chi connectivity index (χ0) is 20.9. The fourth-order valence-electron chi connectivity index (χ4n) is 3.73. The van der Waals surface area contributed by atoms with Crippen molar-refractivity contribution in [3.05, 3.63) is 35.4 Å². The summed E-state index contributed by atoms with van der Waals surface area (Å²) in [5.41, 5.74) is 2.57. The van der Waals surface area contributed by atoms with E-state index in [4.69, 9.17) is 19.2 Å². The lowest BCUT2D eigenvalue weighted by atomic mass is 10.1. The van der Waals surface area contributed by atoms with Crippen LogP contribution >= 0.6 is 24.0 Å². The smallest absolute Gasteiger partial charge is 0.191 e. The molecule has 0 saturated carbocycles. The lowest BCUT2D eigenvalue weighted by Gasteiger charge is -2.26. The molecule has 176 valence electrons. The highest BCUT2D eigenvalue weighted by Crippen LogP contribution is 2.12. The number of ether oxygens (including phenoxy) is 3. The summed E-state index contributed by atoms with van der Waals surface area (Å²) >= 11 is 0. The number of benzene rings is 1. The molecule has 2 N–H and O–H groups in total. The second-order valence-corrected chi connectivity index (χ2v) is 7.89. The fraction of sp³-hybridized carbons (Fsp3) is 0.696. The molecule has 0 aromatic heterocycles. The zero-order valence-electron chi connectivity index (χ0n) is 18.8. The van der Waals surface area contributed by atoms with Gasteiger partial charge in [-0.1, -0.05) is 24.3 Å². The first-order valence-electron chi connectivity index (χ1n) is 11.4. The van der Waals surface area contributed by atoms with Crippen LogP contribution in [-0.4, -0.2) is 76.2 Å². The van der Waals surface area contributed by atoms with Crippen molar-refractivity contribution < 1.29 is 14.2 Å². The first-order valence-corrected chi connectivity index (χ1v) is 11.4. The minimum absolute atomic E-state index is 0. The Morgan fingerprint density at radius 2 is 2.03 bits per heavy atom. The van der Waals surface area contributed by atoms with Crippen LogP contribution in [-0.2, 0) is 27.3 Å². The third-order valence-electron chi connectivity index (χ3n) is 5.35. The second kappa shape index (κ2) is 15.8. The van der Waals surface area contributed by atoms with Gasteiger partial charge >= 0.3 is 0 Å². The largest absolute Gasteiger partial charge is 0.379 e. The number of guanidine groups is 1. The lowest BCUT2D eigenvalue weighted by Crippen LogP contribution is -2.38. The average Bonchev–Trinajstić information content (AvgIpc) is 3.29. The van der Waals surface area contributed by atoms with E-state index in [-0.39, 0.29) is 24.0 Å². The maximum absolute atomic E-state index is 5.73. The SMILES string of the molecule is CCNC(=NCc1cccc(CN2CCOCC2)c1)NCCCOCC1CCCO1.I. The van der Waals surface area contributed by atoms with Crippen LogP contribution in [0.2, 0.25) is 0 Å². The van der Waals surface area contributed by atoms with E-state index in [1.165, 1.54) is 11.1 Å². The van der Waals surface area contributed by atoms with Crippen molar-refractivity contribution in [3.63, 3.8) is 0 Å². The molecular formula is C23H39IN4O3. The highest BCUT2D eigenvalue weighted by atomic mass is 127. The van der Waals surface area contributed by atoms with Crippen LogP contribution in [0.15, 0.2) is 29.3 Å². The van der Waals surface area contributed by atoms with Crippen LogP contribution < -0.4 is 10.6 Å². The van der Waals surface area contributed by atoms with Gasteiger partial charge in [-0.25, -0.2) is 4.99 Å². The molecule has 1 atom stereocenters. The van der Waals surface area contributed by atoms with Crippen molar-refractivity contribution in [2.24, 2.45) is 4.99 Å². The van der Waals surface area contributed by atoms with Crippen molar-refractivity contribution in [2.45, 2.75) is 45.4 Å². The van der Waals surface area contributed by atoms with E-state index in [9.17, 15) is 0 Å². The van der Waals surface area contributed by atoms with E-state index in [1.807, 2.05) is 0 Å². The predicted molar refractivity (Wildman–Crippen MR) is 135 cm³/mol. The molecule has 2 aliphatic heterocycles. The minimum Gasteiger partial charge on any atom is -0.379 e. The normalized spacial score (nSPS) is 19.8. The molecule has 2 heterocycles. The van der Waals surface area contributed by atoms with Gasteiger partial charge in [0.2, 0.25) is 0 Å². The summed E-state index contributed by atoms with van der Waals surface area (Å²) < 4.78 is 16.7. The molecule has 2 saturated heterocycles. The summed E-state index contributed by atoms with van der Waals surface area (Å²) in [6, 6.07) is 8.74. The Bertz CT molecular complexity index is 635. The number of hydrogen-bond donors (Lipinski definition) is 2. The molecule has 0 spiro atoms. The molecule has 7 nitrogen and oxygen atoms in total. The number of nitrogens with one attached hydrogen (secondary N) is 2. The molecule has 0 aliphatic carbocycles. The van der Waals surface area contributed by atoms with Crippen molar-refractivity contribution in [3.8, 4) is 0 Å². The monoisotopic (exact) mass is 546 g/mol. The highest BCUT2D eigenvalue weighted by molar-refractivity contribution is 14.0. The average molecular weight is 546 g/mol. The van der Waals surface area contributed by atoms with Crippen LogP contribution in [0.4, 0.5) is 0 Å². The number of nitrogens with zero attached hydrogens (tertiary/aromatic N) is 2. The van der Waals surface area contributed by atoms with E-state index >= 15 is 0 Å². The standard InChI is InChI=1S/C23H38N4O3.HI/c1-2-24-23(25-9-5-12-29-19-22-8-4-13-30-22)26-17-20-6-3-7-21(16-20)18-27-10-14-28-15-11-27;/h3,6-7,16,22H,2,4-5,8-15,17-19H2,1H3,(H2,24,25,26);1H. The number of morpholine rings is 1. The van der Waals surface area contributed by atoms with Crippen LogP contribution in [0.3, 0.4) is 0 Å². The third kappa shape index (κ3) is 10.5. The molecule has 2 fully saturated rings. The predicted octanol–water partition coefficient (Wildman–Crippen LogP) is 2.78. The van der Waals surface area contributed by atoms with Crippen LogP contribution in [0, 0.1) is 0 Å². The Morgan fingerprint density at radius 3 is 2.81 bits per heavy atom. The molecule has 31 heavy (non-hydrogen) atoms. The van der Waals surface area contributed by atoms with E-state index in [0.717, 1.165) is 91.0 Å². The number of halogens is 1. The van der Waals surface area contributed by atoms with Gasteiger partial charge in [0.15, 0.2) is 5.96 Å². The van der Waals surface area contributed by atoms with E-state index in [2.05, 4.69) is 46.7 Å². The molecular weight excluding hydrogens is 507 g/mol. The van der Waals surface area contributed by atoms with Crippen LogP contribution in [0.25, 0.3) is 0 Å². The summed E-state index contributed by atoms with van der Waals surface area (Å²) in [4.78, 5) is 7.20. The molecule has 0 bridgehead atoms. The minimum atomic E-state index is 0. The van der Waals surface area contributed by atoms with E-state index in [1.54, 1.807) is 0 Å². The molecule has 0 radical (unpaired) electrons. The first kappa shape index (κ1) is 26.3. The summed E-state index contributed by atoms with van der Waals surface area (Å²) in [5.74, 6) is 0.857. The zero-order valence-corrected chi connectivity index (χ0v) is 21.1. The number of hydrogen-bond acceptors (Lipinski definition) is 5. The van der Waals surface area contributed by atoms with Gasteiger partial charge in [-0.3, -0.25) is 4.90 Å². The highest BCUT2D eigenvalue weighted by Gasteiger charge is 2.15. The Labute approximate surface area is 204 Å². The van der Waals surface area contributed by atoms with Gasteiger partial charge < -0.3 is 24.8 Å². The quantitative estimate of drug-likeness (QED) is 0.193. The van der Waals surface area contributed by atoms with Gasteiger partial charge in [0.1, 0.15) is 0 Å². The first-order chi connectivity index (χ1) is 14.8. The Hall–Kier alpha value is -0.940. The van der Waals surface area contributed by atoms with Gasteiger partial charge in [-0.15, -0.1) is 24.0 Å². The second-order valence-electron chi connectivity index (χ2n) is 7.89. The van der Waals surface area contributed by atoms with Gasteiger partial charge in [-0.2, -0.15) is 0 Å². The molecule has 0 amide bonds. The van der Waals surface area contributed by atoms with Crippen molar-refractivity contribution >= 4 is 29.9 Å². The molecule has 3 rings (SSSR count). The van der Waals surface area contributed by atoms with Gasteiger partial charge in [0.25, 0.3) is 0 Å². The fourth-order valence-corrected chi connectivity index (χ4v) is 3.73. The van der Waals surface area contributed by atoms with E-state index < -0.39 is 0 Å². The lowest BCUT2D eigenvalue weighted by molar-refractivity contribution is 0.0168. The van der Waals surface area contributed by atoms with Crippen molar-refractivity contribution in [1.82, 2.24) is 15.5 Å². The Morgan fingerprint density at radius 1 is 1.19 bits per heavy atom. The van der Waals surface area contributed by atoms with Crippen molar-refractivity contribution in [1.29, 1.82) is 0 Å². The Kier molecular flexibility index (Phi) is 13.4. The third-order valence-corrected chi connectivity index (χ3v) is 5.35. The van der Waals surface area contributed by atoms with Crippen LogP contribution in [0.1, 0.15) is 37.3 Å². The van der Waals surface area contributed by atoms with Crippen LogP contribution in [0.5, 0.6) is 0 Å². The number of rotatable bonds is 11. The molecule has 2 aliphatic rings. The van der Waals surface area contributed by atoms with Gasteiger partial charge in [0.05, 0.1) is 32.5 Å². The Balaban J connectivity index is 0.00000341. The van der Waals surface area contributed by atoms with E-state index in [0.29, 0.717) is 12.6 Å². The maximum atomic E-state index is 5.73. The summed E-state index contributed by atoms with van der Waals surface area (Å²) in [7, 11) is 0. The molecule has 8 heteroatoms. The summed E-state index contributed by atoms with van der Waals surface area (Å²) in [6.07, 6.45) is 3.54. The summed E-state index contributed by atoms with van der Waals surface area (Å²) in [6.45, 7) is 11.5. The van der Waals surface area contributed by atoms with Gasteiger partial charge in [0, 0.05) is 45.9 Å². The van der Waals surface area contributed by atoms with Gasteiger partial charge in [-0.05, 0) is 37.3 Å². The molecule has 1 aromatic carbocycles. The molecule has 1 aromatic rings.